The third kappa shape index (κ3) is 7.64. The number of carbonyl (C=O) groups is 2. The van der Waals surface area contributed by atoms with E-state index in [-0.39, 0.29) is 17.6 Å². The molecule has 0 aliphatic rings. The van der Waals surface area contributed by atoms with E-state index in [0.717, 1.165) is 12.1 Å². The monoisotopic (exact) mass is 291 g/mol. The zero-order valence-corrected chi connectivity index (χ0v) is 14.2. The van der Waals surface area contributed by atoms with Crippen LogP contribution in [0.2, 0.25) is 0 Å². The minimum atomic E-state index is -0.00789. The van der Waals surface area contributed by atoms with Gasteiger partial charge in [0.2, 0.25) is 5.91 Å². The molecule has 0 aliphatic heterocycles. The summed E-state index contributed by atoms with van der Waals surface area (Å²) in [4.78, 5) is 23.4. The summed E-state index contributed by atoms with van der Waals surface area (Å²) in [5.74, 6) is 0.664. The van der Waals surface area contributed by atoms with Crippen LogP contribution in [0.1, 0.15) is 64.7 Å². The standard InChI is InChI=1S/C16H23NO2.C2H6/c1-11(2)5-10-15(18)17-14-8-6-13(7-9-14)16(19)12(3)4;1-2/h6-9,11-12H,5,10H2,1-4H3,(H,17,18);1-2H3. The molecular weight excluding hydrogens is 262 g/mol. The number of Topliss-reactive ketones (excluding diaryl/α,β-unsaturated/α-hetero) is 1. The van der Waals surface area contributed by atoms with E-state index in [1.807, 2.05) is 27.7 Å². The van der Waals surface area contributed by atoms with Gasteiger partial charge in [-0.2, -0.15) is 0 Å². The number of benzene rings is 1. The molecule has 1 rings (SSSR count). The topological polar surface area (TPSA) is 46.2 Å². The molecule has 0 aliphatic carbocycles. The summed E-state index contributed by atoms with van der Waals surface area (Å²) in [5, 5.41) is 2.84. The van der Waals surface area contributed by atoms with Gasteiger partial charge in [-0.1, -0.05) is 41.5 Å². The van der Waals surface area contributed by atoms with Crippen LogP contribution in [0.3, 0.4) is 0 Å². The van der Waals surface area contributed by atoms with Crippen molar-refractivity contribution in [1.29, 1.82) is 0 Å². The van der Waals surface area contributed by atoms with E-state index in [1.165, 1.54) is 0 Å². The lowest BCUT2D eigenvalue weighted by Crippen LogP contribution is -2.12. The molecular formula is C18H29NO2. The number of nitrogens with one attached hydrogen (secondary N) is 1. The van der Waals surface area contributed by atoms with Crippen LogP contribution in [-0.4, -0.2) is 11.7 Å². The highest BCUT2D eigenvalue weighted by atomic mass is 16.1. The largest absolute Gasteiger partial charge is 0.326 e. The molecule has 0 bridgehead atoms. The van der Waals surface area contributed by atoms with Gasteiger partial charge in [0.15, 0.2) is 5.78 Å². The second kappa shape index (κ2) is 10.1. The van der Waals surface area contributed by atoms with Crippen LogP contribution in [0.25, 0.3) is 0 Å². The first-order valence-electron chi connectivity index (χ1n) is 7.84. The van der Waals surface area contributed by atoms with Gasteiger partial charge in [0, 0.05) is 23.6 Å². The van der Waals surface area contributed by atoms with Crippen molar-refractivity contribution < 1.29 is 9.59 Å². The molecule has 1 aromatic carbocycles. The molecule has 21 heavy (non-hydrogen) atoms. The Balaban J connectivity index is 0.00000191. The number of amides is 1. The fourth-order valence-electron chi connectivity index (χ4n) is 1.69. The Bertz CT molecular complexity index is 433. The summed E-state index contributed by atoms with van der Waals surface area (Å²) >= 11 is 0. The van der Waals surface area contributed by atoms with Crippen LogP contribution in [0, 0.1) is 11.8 Å². The molecule has 0 saturated carbocycles. The highest BCUT2D eigenvalue weighted by molar-refractivity contribution is 5.98. The minimum Gasteiger partial charge on any atom is -0.326 e. The first-order valence-corrected chi connectivity index (χ1v) is 7.84. The predicted octanol–water partition coefficient (Wildman–Crippen LogP) is 4.93. The highest BCUT2D eigenvalue weighted by Crippen LogP contribution is 2.14. The maximum atomic E-state index is 11.8. The molecule has 118 valence electrons. The maximum Gasteiger partial charge on any atom is 0.224 e. The lowest BCUT2D eigenvalue weighted by molar-refractivity contribution is -0.116. The number of rotatable bonds is 6. The van der Waals surface area contributed by atoms with Crippen LogP contribution in [0.4, 0.5) is 5.69 Å². The SMILES string of the molecule is CC.CC(C)CCC(=O)Nc1ccc(C(=O)C(C)C)cc1. The van der Waals surface area contributed by atoms with E-state index in [4.69, 9.17) is 0 Å². The Morgan fingerprint density at radius 3 is 1.95 bits per heavy atom. The first-order chi connectivity index (χ1) is 9.90. The Hall–Kier alpha value is -1.64. The number of hydrogen-bond acceptors (Lipinski definition) is 2. The Morgan fingerprint density at radius 1 is 1.00 bits per heavy atom. The number of carbonyl (C=O) groups excluding carboxylic acids is 2. The molecule has 0 aromatic heterocycles. The van der Waals surface area contributed by atoms with Crippen molar-refractivity contribution in [1.82, 2.24) is 0 Å². The molecule has 0 fully saturated rings. The lowest BCUT2D eigenvalue weighted by atomic mass is 10.0. The van der Waals surface area contributed by atoms with Crippen molar-refractivity contribution in [3.05, 3.63) is 29.8 Å². The van der Waals surface area contributed by atoms with Gasteiger partial charge in [0.25, 0.3) is 0 Å². The van der Waals surface area contributed by atoms with Gasteiger partial charge in [0.05, 0.1) is 0 Å². The van der Waals surface area contributed by atoms with Crippen molar-refractivity contribution in [2.24, 2.45) is 11.8 Å². The molecule has 3 heteroatoms. The first kappa shape index (κ1) is 19.4. The summed E-state index contributed by atoms with van der Waals surface area (Å²) in [7, 11) is 0. The second-order valence-electron chi connectivity index (χ2n) is 5.58. The van der Waals surface area contributed by atoms with Crippen molar-refractivity contribution in [2.75, 3.05) is 5.32 Å². The Labute approximate surface area is 129 Å². The van der Waals surface area contributed by atoms with E-state index >= 15 is 0 Å². The summed E-state index contributed by atoms with van der Waals surface area (Å²) in [6.45, 7) is 12.0. The fourth-order valence-corrected chi connectivity index (χ4v) is 1.69. The normalized spacial score (nSPS) is 10.1. The van der Waals surface area contributed by atoms with Gasteiger partial charge < -0.3 is 5.32 Å². The quantitative estimate of drug-likeness (QED) is 0.756. The van der Waals surface area contributed by atoms with Crippen molar-refractivity contribution in [2.45, 2.75) is 54.4 Å². The minimum absolute atomic E-state index is 0.00789. The molecule has 1 amide bonds. The average Bonchev–Trinajstić information content (AvgIpc) is 2.47. The molecule has 0 heterocycles. The summed E-state index contributed by atoms with van der Waals surface area (Å²) < 4.78 is 0. The Kier molecular flexibility index (Phi) is 9.35. The van der Waals surface area contributed by atoms with Gasteiger partial charge in [-0.05, 0) is 36.6 Å². The summed E-state index contributed by atoms with van der Waals surface area (Å²) in [6, 6.07) is 7.09. The van der Waals surface area contributed by atoms with Gasteiger partial charge in [-0.3, -0.25) is 9.59 Å². The average molecular weight is 291 g/mol. The molecule has 1 aromatic rings. The molecule has 0 radical (unpaired) electrons. The zero-order chi connectivity index (χ0) is 16.4. The molecule has 0 saturated heterocycles. The maximum absolute atomic E-state index is 11.8. The molecule has 0 atom stereocenters. The molecule has 1 N–H and O–H groups in total. The number of hydrogen-bond donors (Lipinski definition) is 1. The van der Waals surface area contributed by atoms with E-state index in [9.17, 15) is 9.59 Å². The number of ketones is 1. The molecule has 0 spiro atoms. The van der Waals surface area contributed by atoms with E-state index in [1.54, 1.807) is 24.3 Å². The van der Waals surface area contributed by atoms with Crippen molar-refractivity contribution >= 4 is 17.4 Å². The fraction of sp³-hybridized carbons (Fsp3) is 0.556. The van der Waals surface area contributed by atoms with Gasteiger partial charge in [0.1, 0.15) is 0 Å². The highest BCUT2D eigenvalue weighted by Gasteiger charge is 2.10. The van der Waals surface area contributed by atoms with Crippen LogP contribution >= 0.6 is 0 Å². The van der Waals surface area contributed by atoms with E-state index < -0.39 is 0 Å². The van der Waals surface area contributed by atoms with Crippen LogP contribution in [0.5, 0.6) is 0 Å². The van der Waals surface area contributed by atoms with Crippen molar-refractivity contribution in [3.8, 4) is 0 Å². The lowest BCUT2D eigenvalue weighted by Gasteiger charge is -2.08. The van der Waals surface area contributed by atoms with Crippen LogP contribution in [0.15, 0.2) is 24.3 Å². The summed E-state index contributed by atoms with van der Waals surface area (Å²) in [6.07, 6.45) is 1.42. The van der Waals surface area contributed by atoms with Gasteiger partial charge in [-0.15, -0.1) is 0 Å². The van der Waals surface area contributed by atoms with Crippen LogP contribution in [-0.2, 0) is 4.79 Å². The number of anilines is 1. The van der Waals surface area contributed by atoms with Gasteiger partial charge in [-0.25, -0.2) is 0 Å². The Morgan fingerprint density at radius 2 is 1.52 bits per heavy atom. The molecule has 0 unspecified atom stereocenters. The zero-order valence-electron chi connectivity index (χ0n) is 14.2. The van der Waals surface area contributed by atoms with Crippen molar-refractivity contribution in [3.63, 3.8) is 0 Å². The van der Waals surface area contributed by atoms with Gasteiger partial charge >= 0.3 is 0 Å². The third-order valence-corrected chi connectivity index (χ3v) is 2.93. The third-order valence-electron chi connectivity index (χ3n) is 2.93. The smallest absolute Gasteiger partial charge is 0.224 e. The van der Waals surface area contributed by atoms with Crippen LogP contribution < -0.4 is 5.32 Å². The molecule has 3 nitrogen and oxygen atoms in total. The predicted molar refractivity (Wildman–Crippen MR) is 89.7 cm³/mol. The second-order valence-corrected chi connectivity index (χ2v) is 5.58. The van der Waals surface area contributed by atoms with E-state index in [2.05, 4.69) is 19.2 Å². The summed E-state index contributed by atoms with van der Waals surface area (Å²) in [5.41, 5.74) is 1.43. The van der Waals surface area contributed by atoms with E-state index in [0.29, 0.717) is 17.9 Å².